The molecule has 2 aromatic carbocycles. The maximum atomic E-state index is 14.1. The number of hydrogen-bond acceptors (Lipinski definition) is 2. The van der Waals surface area contributed by atoms with E-state index >= 15 is 0 Å². The molecule has 0 aliphatic heterocycles. The number of amidine groups is 1. The van der Waals surface area contributed by atoms with Gasteiger partial charge in [0.05, 0.1) is 0 Å². The van der Waals surface area contributed by atoms with Crippen molar-refractivity contribution in [3.8, 4) is 0 Å². The molecule has 2 aromatic rings. The van der Waals surface area contributed by atoms with E-state index < -0.39 is 0 Å². The minimum Gasteiger partial charge on any atom is -0.384 e. The number of para-hydroxylation sites is 1. The van der Waals surface area contributed by atoms with E-state index in [0.717, 1.165) is 12.2 Å². The van der Waals surface area contributed by atoms with Gasteiger partial charge in [0.25, 0.3) is 0 Å². The van der Waals surface area contributed by atoms with Gasteiger partial charge in [-0.25, -0.2) is 4.39 Å². The van der Waals surface area contributed by atoms with Gasteiger partial charge in [-0.3, -0.25) is 5.41 Å². The van der Waals surface area contributed by atoms with Gasteiger partial charge in [0, 0.05) is 29.9 Å². The fourth-order valence-electron chi connectivity index (χ4n) is 2.33. The van der Waals surface area contributed by atoms with Gasteiger partial charge in [-0.1, -0.05) is 30.3 Å². The molecule has 0 saturated carbocycles. The number of hydrogen-bond donors (Lipinski definition) is 2. The van der Waals surface area contributed by atoms with Crippen LogP contribution >= 0.6 is 0 Å². The van der Waals surface area contributed by atoms with Gasteiger partial charge in [-0.05, 0) is 31.5 Å². The second-order valence-corrected chi connectivity index (χ2v) is 5.02. The third-order valence-electron chi connectivity index (χ3n) is 3.56. The average molecular weight is 285 g/mol. The second kappa shape index (κ2) is 6.39. The Bertz CT molecular complexity index is 652. The molecule has 0 amide bonds. The van der Waals surface area contributed by atoms with Crippen LogP contribution in [0.4, 0.5) is 10.1 Å². The molecule has 4 heteroatoms. The van der Waals surface area contributed by atoms with Crippen LogP contribution in [0.1, 0.15) is 23.6 Å². The molecular formula is C17H20FN3. The summed E-state index contributed by atoms with van der Waals surface area (Å²) >= 11 is 0. The summed E-state index contributed by atoms with van der Waals surface area (Å²) in [5.74, 6) is -0.443. The van der Waals surface area contributed by atoms with E-state index in [2.05, 4.69) is 4.90 Å². The van der Waals surface area contributed by atoms with Crippen molar-refractivity contribution in [1.82, 2.24) is 0 Å². The first-order valence-electron chi connectivity index (χ1n) is 6.96. The van der Waals surface area contributed by atoms with Crippen LogP contribution in [0.15, 0.2) is 42.5 Å². The number of anilines is 1. The van der Waals surface area contributed by atoms with Gasteiger partial charge < -0.3 is 10.6 Å². The van der Waals surface area contributed by atoms with Crippen LogP contribution in [0, 0.1) is 18.2 Å². The molecule has 110 valence electrons. The van der Waals surface area contributed by atoms with Crippen molar-refractivity contribution in [2.45, 2.75) is 20.4 Å². The Labute approximate surface area is 124 Å². The van der Waals surface area contributed by atoms with E-state index in [1.165, 1.54) is 11.6 Å². The molecule has 0 unspecified atom stereocenters. The fourth-order valence-corrected chi connectivity index (χ4v) is 2.33. The first kappa shape index (κ1) is 15.0. The van der Waals surface area contributed by atoms with Crippen LogP contribution in [-0.4, -0.2) is 12.4 Å². The van der Waals surface area contributed by atoms with Gasteiger partial charge in [0.2, 0.25) is 0 Å². The number of aryl methyl sites for hydroxylation is 1. The predicted octanol–water partition coefficient (Wildman–Crippen LogP) is 3.44. The third kappa shape index (κ3) is 3.40. The first-order chi connectivity index (χ1) is 10.0. The molecule has 0 fully saturated rings. The van der Waals surface area contributed by atoms with Crippen LogP contribution < -0.4 is 10.6 Å². The molecule has 0 bridgehead atoms. The smallest absolute Gasteiger partial charge is 0.128 e. The molecular weight excluding hydrogens is 265 g/mol. The van der Waals surface area contributed by atoms with E-state index in [1.54, 1.807) is 12.1 Å². The van der Waals surface area contributed by atoms with E-state index in [-0.39, 0.29) is 11.7 Å². The zero-order valence-corrected chi connectivity index (χ0v) is 12.4. The molecule has 2 rings (SSSR count). The van der Waals surface area contributed by atoms with Gasteiger partial charge in [0.15, 0.2) is 0 Å². The van der Waals surface area contributed by atoms with Crippen molar-refractivity contribution in [3.05, 3.63) is 65.0 Å². The lowest BCUT2D eigenvalue weighted by Gasteiger charge is -2.25. The van der Waals surface area contributed by atoms with Gasteiger partial charge >= 0.3 is 0 Å². The van der Waals surface area contributed by atoms with Crippen molar-refractivity contribution < 1.29 is 4.39 Å². The van der Waals surface area contributed by atoms with E-state index in [9.17, 15) is 4.39 Å². The Morgan fingerprint density at radius 1 is 1.24 bits per heavy atom. The van der Waals surface area contributed by atoms with Gasteiger partial charge in [-0.15, -0.1) is 0 Å². The zero-order valence-electron chi connectivity index (χ0n) is 12.4. The molecule has 3 nitrogen and oxygen atoms in total. The van der Waals surface area contributed by atoms with Gasteiger partial charge in [0.1, 0.15) is 11.7 Å². The van der Waals surface area contributed by atoms with E-state index in [4.69, 9.17) is 11.1 Å². The van der Waals surface area contributed by atoms with Crippen molar-refractivity contribution >= 4 is 11.5 Å². The quantitative estimate of drug-likeness (QED) is 0.653. The number of halogens is 1. The largest absolute Gasteiger partial charge is 0.384 e. The minimum absolute atomic E-state index is 0.119. The lowest BCUT2D eigenvalue weighted by Crippen LogP contribution is -2.23. The molecule has 0 aliphatic carbocycles. The summed E-state index contributed by atoms with van der Waals surface area (Å²) in [6.45, 7) is 5.38. The van der Waals surface area contributed by atoms with Gasteiger partial charge in [-0.2, -0.15) is 0 Å². The number of rotatable bonds is 5. The van der Waals surface area contributed by atoms with Crippen molar-refractivity contribution in [1.29, 1.82) is 5.41 Å². The Hall–Kier alpha value is -2.36. The molecule has 0 radical (unpaired) electrons. The van der Waals surface area contributed by atoms with Crippen LogP contribution in [0.3, 0.4) is 0 Å². The summed E-state index contributed by atoms with van der Waals surface area (Å²) in [5.41, 5.74) is 8.66. The molecule has 3 N–H and O–H groups in total. The Kier molecular flexibility index (Phi) is 4.58. The molecule has 0 aliphatic rings. The molecule has 0 saturated heterocycles. The number of benzene rings is 2. The lowest BCUT2D eigenvalue weighted by molar-refractivity contribution is 0.605. The van der Waals surface area contributed by atoms with E-state index in [0.29, 0.717) is 17.7 Å². The summed E-state index contributed by atoms with van der Waals surface area (Å²) in [5, 5.41) is 7.34. The highest BCUT2D eigenvalue weighted by atomic mass is 19.1. The highest BCUT2D eigenvalue weighted by Crippen LogP contribution is 2.22. The number of nitrogens with two attached hydrogens (primary N) is 1. The summed E-state index contributed by atoms with van der Waals surface area (Å²) in [6.07, 6.45) is 0. The standard InChI is InChI=1S/C17H20FN3/c1-3-21(16-7-5-4-6-12(16)2)11-14-9-8-13(17(19)20)10-15(14)18/h4-10H,3,11H2,1-2H3,(H3,19,20). The number of nitrogen functional groups attached to an aromatic ring is 1. The van der Waals surface area contributed by atoms with Crippen LogP contribution in [-0.2, 0) is 6.54 Å². The predicted molar refractivity (Wildman–Crippen MR) is 85.3 cm³/mol. The highest BCUT2D eigenvalue weighted by Gasteiger charge is 2.11. The minimum atomic E-state index is -0.324. The molecule has 0 atom stereocenters. The molecule has 0 spiro atoms. The first-order valence-corrected chi connectivity index (χ1v) is 6.96. The monoisotopic (exact) mass is 285 g/mol. The number of nitrogens with zero attached hydrogens (tertiary/aromatic N) is 1. The highest BCUT2D eigenvalue weighted by molar-refractivity contribution is 5.94. The molecule has 21 heavy (non-hydrogen) atoms. The van der Waals surface area contributed by atoms with Crippen LogP contribution in [0.25, 0.3) is 0 Å². The summed E-state index contributed by atoms with van der Waals surface area (Å²) < 4.78 is 14.1. The zero-order chi connectivity index (χ0) is 15.4. The van der Waals surface area contributed by atoms with Crippen molar-refractivity contribution in [2.75, 3.05) is 11.4 Å². The fraction of sp³-hybridized carbons (Fsp3) is 0.235. The van der Waals surface area contributed by atoms with Crippen molar-refractivity contribution in [3.63, 3.8) is 0 Å². The SMILES string of the molecule is CCN(Cc1ccc(C(=N)N)cc1F)c1ccccc1C. The maximum Gasteiger partial charge on any atom is 0.128 e. The normalized spacial score (nSPS) is 10.4. The van der Waals surface area contributed by atoms with Crippen LogP contribution in [0.5, 0.6) is 0 Å². The Morgan fingerprint density at radius 2 is 1.95 bits per heavy atom. The number of nitrogens with one attached hydrogen (secondary N) is 1. The third-order valence-corrected chi connectivity index (χ3v) is 3.56. The summed E-state index contributed by atoms with van der Waals surface area (Å²) in [7, 11) is 0. The topological polar surface area (TPSA) is 53.1 Å². The van der Waals surface area contributed by atoms with Crippen molar-refractivity contribution in [2.24, 2.45) is 5.73 Å². The Morgan fingerprint density at radius 3 is 2.52 bits per heavy atom. The molecule has 0 heterocycles. The Balaban J connectivity index is 2.27. The average Bonchev–Trinajstić information content (AvgIpc) is 2.47. The second-order valence-electron chi connectivity index (χ2n) is 5.02. The maximum absolute atomic E-state index is 14.1. The van der Waals surface area contributed by atoms with Crippen LogP contribution in [0.2, 0.25) is 0 Å². The summed E-state index contributed by atoms with van der Waals surface area (Å²) in [6, 6.07) is 12.8. The molecule has 0 aromatic heterocycles. The lowest BCUT2D eigenvalue weighted by atomic mass is 10.1. The van der Waals surface area contributed by atoms with E-state index in [1.807, 2.05) is 38.1 Å². The summed E-state index contributed by atoms with van der Waals surface area (Å²) in [4.78, 5) is 2.13.